The molecule has 1 aromatic heterocycles. The summed E-state index contributed by atoms with van der Waals surface area (Å²) in [6.45, 7) is 5.60. The average Bonchev–Trinajstić information content (AvgIpc) is 2.52. The predicted molar refractivity (Wildman–Crippen MR) is 82.2 cm³/mol. The zero-order valence-electron chi connectivity index (χ0n) is 12.6. The van der Waals surface area contributed by atoms with E-state index in [0.29, 0.717) is 6.04 Å². The van der Waals surface area contributed by atoms with E-state index in [-0.39, 0.29) is 0 Å². The minimum atomic E-state index is 0.623. The van der Waals surface area contributed by atoms with Crippen molar-refractivity contribution in [2.75, 3.05) is 24.5 Å². The van der Waals surface area contributed by atoms with Gasteiger partial charge in [0.05, 0.1) is 0 Å². The molecule has 1 aliphatic heterocycles. The van der Waals surface area contributed by atoms with E-state index >= 15 is 0 Å². The first-order valence-electron chi connectivity index (χ1n) is 8.19. The second kappa shape index (κ2) is 6.53. The third kappa shape index (κ3) is 2.95. The lowest BCUT2D eigenvalue weighted by atomic mass is 9.95. The number of aromatic nitrogens is 2. The van der Waals surface area contributed by atoms with Crippen molar-refractivity contribution in [2.45, 2.75) is 57.9 Å². The normalized spacial score (nSPS) is 22.6. The molecule has 110 valence electrons. The number of piperidine rings is 1. The number of nitrogens with one attached hydrogen (secondary N) is 1. The molecule has 0 aromatic carbocycles. The van der Waals surface area contributed by atoms with Crippen LogP contribution < -0.4 is 10.2 Å². The van der Waals surface area contributed by atoms with Gasteiger partial charge in [-0.15, -0.1) is 0 Å². The van der Waals surface area contributed by atoms with Gasteiger partial charge in [0.25, 0.3) is 0 Å². The van der Waals surface area contributed by atoms with Gasteiger partial charge < -0.3 is 10.2 Å². The van der Waals surface area contributed by atoms with Crippen LogP contribution in [0.25, 0.3) is 0 Å². The van der Waals surface area contributed by atoms with Crippen LogP contribution in [0.3, 0.4) is 0 Å². The maximum Gasteiger partial charge on any atom is 0.135 e. The van der Waals surface area contributed by atoms with Crippen LogP contribution in [0.15, 0.2) is 6.33 Å². The fourth-order valence-electron chi connectivity index (χ4n) is 3.46. The van der Waals surface area contributed by atoms with Crippen LogP contribution in [0.5, 0.6) is 0 Å². The zero-order chi connectivity index (χ0) is 13.8. The number of hydrogen-bond acceptors (Lipinski definition) is 4. The van der Waals surface area contributed by atoms with Crippen molar-refractivity contribution in [1.82, 2.24) is 15.3 Å². The molecule has 0 amide bonds. The summed E-state index contributed by atoms with van der Waals surface area (Å²) >= 11 is 0. The topological polar surface area (TPSA) is 41.0 Å². The Kier molecular flexibility index (Phi) is 4.51. The van der Waals surface area contributed by atoms with Crippen LogP contribution in [0.2, 0.25) is 0 Å². The molecule has 1 aliphatic carbocycles. The van der Waals surface area contributed by atoms with Gasteiger partial charge >= 0.3 is 0 Å². The maximum atomic E-state index is 4.62. The van der Waals surface area contributed by atoms with Gasteiger partial charge in [0.2, 0.25) is 0 Å². The Balaban J connectivity index is 1.75. The molecule has 4 nitrogen and oxygen atoms in total. The molecule has 20 heavy (non-hydrogen) atoms. The average molecular weight is 274 g/mol. The first kappa shape index (κ1) is 13.8. The third-order valence-electron chi connectivity index (χ3n) is 4.51. The molecule has 1 aromatic rings. The Labute approximate surface area is 122 Å². The number of rotatable bonds is 4. The van der Waals surface area contributed by atoms with Crippen LogP contribution >= 0.6 is 0 Å². The Morgan fingerprint density at radius 3 is 3.05 bits per heavy atom. The maximum absolute atomic E-state index is 4.62. The van der Waals surface area contributed by atoms with Crippen LogP contribution in [-0.2, 0) is 12.8 Å². The smallest absolute Gasteiger partial charge is 0.135 e. The van der Waals surface area contributed by atoms with E-state index < -0.39 is 0 Å². The van der Waals surface area contributed by atoms with Crippen molar-refractivity contribution in [2.24, 2.45) is 0 Å². The monoisotopic (exact) mass is 274 g/mol. The van der Waals surface area contributed by atoms with Gasteiger partial charge in [0, 0.05) is 30.4 Å². The summed E-state index contributed by atoms with van der Waals surface area (Å²) in [6, 6.07) is 0.623. The van der Waals surface area contributed by atoms with Crippen molar-refractivity contribution in [3.8, 4) is 0 Å². The van der Waals surface area contributed by atoms with Crippen LogP contribution in [0.4, 0.5) is 5.82 Å². The van der Waals surface area contributed by atoms with E-state index in [4.69, 9.17) is 0 Å². The minimum Gasteiger partial charge on any atom is -0.355 e. The molecule has 4 heteroatoms. The summed E-state index contributed by atoms with van der Waals surface area (Å²) in [6.07, 6.45) is 10.4. The molecular formula is C16H26N4. The molecule has 0 saturated carbocycles. The fourth-order valence-corrected chi connectivity index (χ4v) is 3.46. The Hall–Kier alpha value is -1.16. The van der Waals surface area contributed by atoms with Crippen LogP contribution in [-0.4, -0.2) is 35.6 Å². The number of nitrogens with zero attached hydrogens (tertiary/aromatic N) is 3. The number of fused-ring (bicyclic) bond motifs is 1. The van der Waals surface area contributed by atoms with Gasteiger partial charge in [-0.3, -0.25) is 0 Å². The van der Waals surface area contributed by atoms with Crippen molar-refractivity contribution in [1.29, 1.82) is 0 Å². The molecule has 1 unspecified atom stereocenters. The summed E-state index contributed by atoms with van der Waals surface area (Å²) in [5.74, 6) is 1.22. The molecule has 2 aliphatic rings. The van der Waals surface area contributed by atoms with Crippen molar-refractivity contribution in [3.05, 3.63) is 17.6 Å². The Morgan fingerprint density at radius 2 is 2.15 bits per heavy atom. The molecule has 1 N–H and O–H groups in total. The highest BCUT2D eigenvalue weighted by molar-refractivity contribution is 5.50. The summed E-state index contributed by atoms with van der Waals surface area (Å²) < 4.78 is 0. The van der Waals surface area contributed by atoms with Crippen molar-refractivity contribution < 1.29 is 0 Å². The second-order valence-electron chi connectivity index (χ2n) is 6.07. The lowest BCUT2D eigenvalue weighted by molar-refractivity contribution is 0.420. The van der Waals surface area contributed by atoms with E-state index in [2.05, 4.69) is 27.1 Å². The highest BCUT2D eigenvalue weighted by Gasteiger charge is 2.24. The molecule has 1 fully saturated rings. The number of hydrogen-bond donors (Lipinski definition) is 1. The quantitative estimate of drug-likeness (QED) is 0.915. The van der Waals surface area contributed by atoms with E-state index in [9.17, 15) is 0 Å². The molecule has 2 heterocycles. The van der Waals surface area contributed by atoms with Gasteiger partial charge in [-0.2, -0.15) is 0 Å². The standard InChI is InChI=1S/C16H26N4/c1-2-9-17-13-6-5-10-20(11-13)16-14-7-3-4-8-15(14)18-12-19-16/h12-13,17H,2-11H2,1H3. The number of aryl methyl sites for hydroxylation is 1. The van der Waals surface area contributed by atoms with Crippen LogP contribution in [0, 0.1) is 0 Å². The molecule has 0 spiro atoms. The fraction of sp³-hybridized carbons (Fsp3) is 0.750. The lowest BCUT2D eigenvalue weighted by Crippen LogP contribution is -2.46. The van der Waals surface area contributed by atoms with E-state index in [1.54, 1.807) is 6.33 Å². The lowest BCUT2D eigenvalue weighted by Gasteiger charge is -2.35. The summed E-state index contributed by atoms with van der Waals surface area (Å²) in [4.78, 5) is 11.6. The van der Waals surface area contributed by atoms with Crippen molar-refractivity contribution >= 4 is 5.82 Å². The van der Waals surface area contributed by atoms with Gasteiger partial charge in [0.15, 0.2) is 0 Å². The molecule has 0 bridgehead atoms. The molecule has 0 radical (unpaired) electrons. The molecular weight excluding hydrogens is 248 g/mol. The van der Waals surface area contributed by atoms with Crippen LogP contribution in [0.1, 0.15) is 50.3 Å². The van der Waals surface area contributed by atoms with Gasteiger partial charge in [-0.1, -0.05) is 6.92 Å². The van der Waals surface area contributed by atoms with E-state index in [0.717, 1.165) is 32.5 Å². The second-order valence-corrected chi connectivity index (χ2v) is 6.07. The third-order valence-corrected chi connectivity index (χ3v) is 4.51. The molecule has 1 saturated heterocycles. The van der Waals surface area contributed by atoms with Gasteiger partial charge in [0.1, 0.15) is 12.1 Å². The van der Waals surface area contributed by atoms with Gasteiger partial charge in [-0.05, 0) is 51.5 Å². The van der Waals surface area contributed by atoms with Crippen molar-refractivity contribution in [3.63, 3.8) is 0 Å². The Bertz CT molecular complexity index is 446. The summed E-state index contributed by atoms with van der Waals surface area (Å²) in [7, 11) is 0. The minimum absolute atomic E-state index is 0.623. The van der Waals surface area contributed by atoms with E-state index in [1.807, 2.05) is 0 Å². The summed E-state index contributed by atoms with van der Waals surface area (Å²) in [5, 5.41) is 3.67. The highest BCUT2D eigenvalue weighted by Crippen LogP contribution is 2.28. The molecule has 3 rings (SSSR count). The molecule has 1 atom stereocenters. The first-order chi connectivity index (χ1) is 9.88. The SMILES string of the molecule is CCCNC1CCCN(c2ncnc3c2CCCC3)C1. The van der Waals surface area contributed by atoms with Gasteiger partial charge in [-0.25, -0.2) is 9.97 Å². The zero-order valence-corrected chi connectivity index (χ0v) is 12.6. The highest BCUT2D eigenvalue weighted by atomic mass is 15.2. The predicted octanol–water partition coefficient (Wildman–Crippen LogP) is 2.32. The summed E-state index contributed by atoms with van der Waals surface area (Å²) in [5.41, 5.74) is 2.72. The first-order valence-corrected chi connectivity index (χ1v) is 8.19. The van der Waals surface area contributed by atoms with E-state index in [1.165, 1.54) is 49.2 Å². The Morgan fingerprint density at radius 1 is 1.25 bits per heavy atom. The number of anilines is 1. The largest absolute Gasteiger partial charge is 0.355 e.